The Kier molecular flexibility index (Phi) is 3.60. The van der Waals surface area contributed by atoms with Crippen LogP contribution in [0.2, 0.25) is 0 Å². The summed E-state index contributed by atoms with van der Waals surface area (Å²) in [4.78, 5) is 0. The van der Waals surface area contributed by atoms with E-state index in [1.807, 2.05) is 0 Å². The Morgan fingerprint density at radius 2 is 1.62 bits per heavy atom. The molecule has 0 radical (unpaired) electrons. The van der Waals surface area contributed by atoms with Crippen LogP contribution in [0, 0.1) is 11.3 Å². The van der Waals surface area contributed by atoms with E-state index in [0.29, 0.717) is 17.9 Å². The van der Waals surface area contributed by atoms with Crippen LogP contribution < -0.4 is 5.73 Å². The lowest BCUT2D eigenvalue weighted by Gasteiger charge is -2.45. The lowest BCUT2D eigenvalue weighted by atomic mass is 9.64. The van der Waals surface area contributed by atoms with Crippen molar-refractivity contribution in [1.82, 2.24) is 0 Å². The summed E-state index contributed by atoms with van der Waals surface area (Å²) in [7, 11) is 0. The largest absolute Gasteiger partial charge is 0.390 e. The molecular weight excluding hydrogens is 198 g/mol. The van der Waals surface area contributed by atoms with E-state index in [0.717, 1.165) is 19.3 Å². The first-order chi connectivity index (χ1) is 7.64. The Labute approximate surface area is 99.6 Å². The maximum atomic E-state index is 10.7. The van der Waals surface area contributed by atoms with Gasteiger partial charge in [-0.2, -0.15) is 0 Å². The Balaban J connectivity index is 1.97. The summed E-state index contributed by atoms with van der Waals surface area (Å²) >= 11 is 0. The highest BCUT2D eigenvalue weighted by atomic mass is 16.3. The minimum absolute atomic E-state index is 0.311. The van der Waals surface area contributed by atoms with Gasteiger partial charge in [0.05, 0.1) is 5.60 Å². The van der Waals surface area contributed by atoms with Crippen LogP contribution in [0.25, 0.3) is 0 Å². The van der Waals surface area contributed by atoms with E-state index in [4.69, 9.17) is 5.73 Å². The average Bonchev–Trinajstić information content (AvgIpc) is 2.74. The number of rotatable bonds is 3. The van der Waals surface area contributed by atoms with Crippen molar-refractivity contribution in [2.24, 2.45) is 17.1 Å². The minimum Gasteiger partial charge on any atom is -0.390 e. The number of nitrogens with two attached hydrogens (primary N) is 1. The van der Waals surface area contributed by atoms with Crippen molar-refractivity contribution in [2.45, 2.75) is 70.3 Å². The molecule has 2 heteroatoms. The Hall–Kier alpha value is -0.0800. The first-order valence-electron chi connectivity index (χ1n) is 7.07. The standard InChI is InChI=1S/C14H27NO/c1-2-12(11-15)14(16)9-7-13(8-10-14)5-3-4-6-13/h12,16H,2-11,15H2,1H3. The molecule has 1 atom stereocenters. The fourth-order valence-electron chi connectivity index (χ4n) is 4.01. The number of hydrogen-bond acceptors (Lipinski definition) is 2. The molecule has 2 fully saturated rings. The van der Waals surface area contributed by atoms with Crippen LogP contribution in [-0.4, -0.2) is 17.3 Å². The summed E-state index contributed by atoms with van der Waals surface area (Å²) in [5.74, 6) is 0.311. The van der Waals surface area contributed by atoms with Crippen molar-refractivity contribution in [3.63, 3.8) is 0 Å². The molecule has 2 nitrogen and oxygen atoms in total. The average molecular weight is 225 g/mol. The van der Waals surface area contributed by atoms with E-state index >= 15 is 0 Å². The molecule has 2 aliphatic rings. The van der Waals surface area contributed by atoms with Crippen molar-refractivity contribution >= 4 is 0 Å². The maximum Gasteiger partial charge on any atom is 0.0688 e. The predicted octanol–water partition coefficient (Wildman–Crippen LogP) is 2.84. The van der Waals surface area contributed by atoms with Gasteiger partial charge in [-0.25, -0.2) is 0 Å². The molecule has 2 aliphatic carbocycles. The van der Waals surface area contributed by atoms with E-state index in [-0.39, 0.29) is 0 Å². The van der Waals surface area contributed by atoms with Crippen LogP contribution in [0.5, 0.6) is 0 Å². The fourth-order valence-corrected chi connectivity index (χ4v) is 4.01. The lowest BCUT2D eigenvalue weighted by molar-refractivity contribution is -0.0749. The van der Waals surface area contributed by atoms with Gasteiger partial charge in [0.15, 0.2) is 0 Å². The van der Waals surface area contributed by atoms with Crippen molar-refractivity contribution in [2.75, 3.05) is 6.54 Å². The summed E-state index contributed by atoms with van der Waals surface area (Å²) in [6, 6.07) is 0. The number of hydrogen-bond donors (Lipinski definition) is 2. The number of aliphatic hydroxyl groups is 1. The van der Waals surface area contributed by atoms with Crippen molar-refractivity contribution in [1.29, 1.82) is 0 Å². The lowest BCUT2D eigenvalue weighted by Crippen LogP contribution is -2.46. The molecule has 2 saturated carbocycles. The van der Waals surface area contributed by atoms with Gasteiger partial charge in [0.25, 0.3) is 0 Å². The second-order valence-corrected chi connectivity index (χ2v) is 6.15. The Morgan fingerprint density at radius 3 is 2.06 bits per heavy atom. The van der Waals surface area contributed by atoms with Gasteiger partial charge in [-0.1, -0.05) is 19.8 Å². The molecule has 3 N–H and O–H groups in total. The molecule has 0 amide bonds. The normalized spacial score (nSPS) is 29.4. The first-order valence-corrected chi connectivity index (χ1v) is 7.07. The molecule has 16 heavy (non-hydrogen) atoms. The van der Waals surface area contributed by atoms with Gasteiger partial charge in [-0.15, -0.1) is 0 Å². The summed E-state index contributed by atoms with van der Waals surface area (Å²) < 4.78 is 0. The molecule has 2 rings (SSSR count). The molecule has 1 unspecified atom stereocenters. The molecule has 0 bridgehead atoms. The van der Waals surface area contributed by atoms with Gasteiger partial charge in [-0.3, -0.25) is 0 Å². The highest BCUT2D eigenvalue weighted by molar-refractivity contribution is 4.98. The molecule has 1 spiro atoms. The van der Waals surface area contributed by atoms with E-state index in [1.165, 1.54) is 38.5 Å². The summed E-state index contributed by atoms with van der Waals surface area (Å²) in [6.07, 6.45) is 11.1. The molecule has 94 valence electrons. The van der Waals surface area contributed by atoms with Crippen LogP contribution in [0.3, 0.4) is 0 Å². The van der Waals surface area contributed by atoms with Gasteiger partial charge >= 0.3 is 0 Å². The van der Waals surface area contributed by atoms with Crippen LogP contribution in [-0.2, 0) is 0 Å². The van der Waals surface area contributed by atoms with Gasteiger partial charge < -0.3 is 10.8 Å². The monoisotopic (exact) mass is 225 g/mol. The highest BCUT2D eigenvalue weighted by Gasteiger charge is 2.45. The van der Waals surface area contributed by atoms with Crippen LogP contribution >= 0.6 is 0 Å². The zero-order valence-electron chi connectivity index (χ0n) is 10.7. The molecule has 0 saturated heterocycles. The third-order valence-corrected chi connectivity index (χ3v) is 5.38. The molecular formula is C14H27NO. The van der Waals surface area contributed by atoms with E-state index < -0.39 is 5.60 Å². The minimum atomic E-state index is -0.447. The second kappa shape index (κ2) is 4.66. The molecule has 0 aliphatic heterocycles. The third kappa shape index (κ3) is 2.14. The van der Waals surface area contributed by atoms with E-state index in [1.54, 1.807) is 0 Å². The maximum absolute atomic E-state index is 10.7. The van der Waals surface area contributed by atoms with E-state index in [2.05, 4.69) is 6.92 Å². The fraction of sp³-hybridized carbons (Fsp3) is 1.00. The van der Waals surface area contributed by atoms with Crippen molar-refractivity contribution in [3.05, 3.63) is 0 Å². The highest BCUT2D eigenvalue weighted by Crippen LogP contribution is 2.52. The van der Waals surface area contributed by atoms with Crippen LogP contribution in [0.4, 0.5) is 0 Å². The van der Waals surface area contributed by atoms with E-state index in [9.17, 15) is 5.11 Å². The van der Waals surface area contributed by atoms with Gasteiger partial charge in [0, 0.05) is 0 Å². The van der Waals surface area contributed by atoms with Crippen molar-refractivity contribution < 1.29 is 5.11 Å². The summed E-state index contributed by atoms with van der Waals surface area (Å²) in [5, 5.41) is 10.7. The predicted molar refractivity (Wildman–Crippen MR) is 67.2 cm³/mol. The SMILES string of the molecule is CCC(CN)C1(O)CCC2(CCCC2)CC1. The van der Waals surface area contributed by atoms with Gasteiger partial charge in [0.2, 0.25) is 0 Å². The van der Waals surface area contributed by atoms with Crippen LogP contribution in [0.1, 0.15) is 64.7 Å². The van der Waals surface area contributed by atoms with Gasteiger partial charge in [-0.05, 0) is 62.8 Å². The third-order valence-electron chi connectivity index (χ3n) is 5.38. The first kappa shape index (κ1) is 12.4. The van der Waals surface area contributed by atoms with Gasteiger partial charge in [0.1, 0.15) is 0 Å². The zero-order chi connectivity index (χ0) is 11.6. The quantitative estimate of drug-likeness (QED) is 0.776. The summed E-state index contributed by atoms with van der Waals surface area (Å²) in [5.41, 5.74) is 5.95. The Bertz CT molecular complexity index is 219. The topological polar surface area (TPSA) is 46.2 Å². The summed E-state index contributed by atoms with van der Waals surface area (Å²) in [6.45, 7) is 2.79. The smallest absolute Gasteiger partial charge is 0.0688 e. The zero-order valence-corrected chi connectivity index (χ0v) is 10.7. The molecule has 0 aromatic rings. The molecule has 0 aromatic heterocycles. The van der Waals surface area contributed by atoms with Crippen molar-refractivity contribution in [3.8, 4) is 0 Å². The molecule has 0 aromatic carbocycles. The Morgan fingerprint density at radius 1 is 1.06 bits per heavy atom. The molecule has 0 heterocycles. The second-order valence-electron chi connectivity index (χ2n) is 6.15. The van der Waals surface area contributed by atoms with Crippen LogP contribution in [0.15, 0.2) is 0 Å².